The highest BCUT2D eigenvalue weighted by molar-refractivity contribution is 5.87. The van der Waals surface area contributed by atoms with Gasteiger partial charge in [-0.2, -0.15) is 0 Å². The third kappa shape index (κ3) is 2.08. The second kappa shape index (κ2) is 4.25. The van der Waals surface area contributed by atoms with Crippen molar-refractivity contribution in [3.05, 3.63) is 0 Å². The summed E-state index contributed by atoms with van der Waals surface area (Å²) in [4.78, 5) is 14.6. The van der Waals surface area contributed by atoms with E-state index >= 15 is 0 Å². The fourth-order valence-electron chi connectivity index (χ4n) is 3.47. The molecule has 0 aromatic carbocycles. The zero-order valence-corrected chi connectivity index (χ0v) is 10.5. The second-order valence-corrected chi connectivity index (χ2v) is 6.04. The topological polar surface area (TPSA) is 58.4 Å². The van der Waals surface area contributed by atoms with Crippen molar-refractivity contribution in [2.75, 3.05) is 13.1 Å². The van der Waals surface area contributed by atoms with Gasteiger partial charge in [0.05, 0.1) is 5.54 Å². The summed E-state index contributed by atoms with van der Waals surface area (Å²) in [6.45, 7) is 2.40. The Morgan fingerprint density at radius 2 is 2.06 bits per heavy atom. The van der Waals surface area contributed by atoms with Crippen molar-refractivity contribution in [1.29, 1.82) is 0 Å². The molecule has 0 spiro atoms. The fourth-order valence-corrected chi connectivity index (χ4v) is 3.47. The minimum Gasteiger partial charge on any atom is -0.352 e. The summed E-state index contributed by atoms with van der Waals surface area (Å²) in [6, 6.07) is 1.08. The predicted octanol–water partition coefficient (Wildman–Crippen LogP) is 0.611. The highest BCUT2D eigenvalue weighted by Gasteiger charge is 2.41. The van der Waals surface area contributed by atoms with Crippen molar-refractivity contribution in [3.8, 4) is 0 Å². The van der Waals surface area contributed by atoms with E-state index in [-0.39, 0.29) is 5.91 Å². The van der Waals surface area contributed by atoms with Crippen LogP contribution in [0.1, 0.15) is 44.9 Å². The molecule has 0 aromatic heterocycles. The summed E-state index contributed by atoms with van der Waals surface area (Å²) in [5.41, 5.74) is 5.51. The number of nitrogens with zero attached hydrogens (tertiary/aromatic N) is 1. The maximum absolute atomic E-state index is 12.1. The van der Waals surface area contributed by atoms with Gasteiger partial charge in [-0.15, -0.1) is 0 Å². The molecule has 96 valence electrons. The summed E-state index contributed by atoms with van der Waals surface area (Å²) >= 11 is 0. The molecule has 3 fully saturated rings. The number of hydrogen-bond acceptors (Lipinski definition) is 3. The van der Waals surface area contributed by atoms with E-state index in [0.717, 1.165) is 38.6 Å². The molecular formula is C13H23N3O. The first-order valence-electron chi connectivity index (χ1n) is 7.01. The minimum atomic E-state index is -0.535. The molecule has 4 heteroatoms. The highest BCUT2D eigenvalue weighted by Crippen LogP contribution is 2.31. The Morgan fingerprint density at radius 3 is 2.76 bits per heavy atom. The van der Waals surface area contributed by atoms with Gasteiger partial charge in [0, 0.05) is 18.6 Å². The number of carbonyl (C=O) groups is 1. The van der Waals surface area contributed by atoms with Crippen molar-refractivity contribution in [3.63, 3.8) is 0 Å². The fraction of sp³-hybridized carbons (Fsp3) is 0.923. The molecule has 2 atom stereocenters. The van der Waals surface area contributed by atoms with E-state index in [4.69, 9.17) is 5.73 Å². The van der Waals surface area contributed by atoms with Gasteiger partial charge in [-0.3, -0.25) is 4.79 Å². The highest BCUT2D eigenvalue weighted by atomic mass is 16.2. The summed E-state index contributed by atoms with van der Waals surface area (Å²) < 4.78 is 0. The summed E-state index contributed by atoms with van der Waals surface area (Å²) in [7, 11) is 0. The maximum atomic E-state index is 12.1. The van der Waals surface area contributed by atoms with E-state index in [2.05, 4.69) is 10.2 Å². The number of piperidine rings is 1. The molecule has 2 unspecified atom stereocenters. The van der Waals surface area contributed by atoms with Gasteiger partial charge >= 0.3 is 0 Å². The number of amides is 1. The Morgan fingerprint density at radius 1 is 1.24 bits per heavy atom. The van der Waals surface area contributed by atoms with Crippen molar-refractivity contribution in [2.45, 2.75) is 62.6 Å². The van der Waals surface area contributed by atoms with E-state index in [0.29, 0.717) is 12.1 Å². The average molecular weight is 237 g/mol. The lowest BCUT2D eigenvalue weighted by Gasteiger charge is -2.40. The first-order valence-corrected chi connectivity index (χ1v) is 7.01. The zero-order valence-electron chi connectivity index (χ0n) is 10.5. The monoisotopic (exact) mass is 237 g/mol. The number of hydrogen-bond donors (Lipinski definition) is 2. The van der Waals surface area contributed by atoms with Crippen LogP contribution in [0.25, 0.3) is 0 Å². The molecule has 2 heterocycles. The molecule has 17 heavy (non-hydrogen) atoms. The van der Waals surface area contributed by atoms with Crippen LogP contribution in [-0.4, -0.2) is 41.5 Å². The van der Waals surface area contributed by atoms with Gasteiger partial charge in [0.25, 0.3) is 0 Å². The lowest BCUT2D eigenvalue weighted by atomic mass is 9.76. The van der Waals surface area contributed by atoms with Crippen LogP contribution in [0.15, 0.2) is 0 Å². The normalized spacial score (nSPS) is 36.1. The molecule has 1 saturated carbocycles. The Hall–Kier alpha value is -0.610. The van der Waals surface area contributed by atoms with E-state index in [1.807, 2.05) is 0 Å². The van der Waals surface area contributed by atoms with Crippen LogP contribution >= 0.6 is 0 Å². The van der Waals surface area contributed by atoms with Crippen molar-refractivity contribution in [2.24, 2.45) is 5.73 Å². The van der Waals surface area contributed by atoms with Crippen LogP contribution in [-0.2, 0) is 4.79 Å². The summed E-state index contributed by atoms with van der Waals surface area (Å²) in [6.07, 6.45) is 7.68. The first kappa shape index (κ1) is 11.5. The summed E-state index contributed by atoms with van der Waals surface area (Å²) in [5, 5.41) is 3.18. The van der Waals surface area contributed by atoms with Gasteiger partial charge in [-0.1, -0.05) is 0 Å². The molecule has 3 aliphatic rings. The quantitative estimate of drug-likeness (QED) is 0.740. The predicted molar refractivity (Wildman–Crippen MR) is 66.5 cm³/mol. The molecule has 3 N–H and O–H groups in total. The minimum absolute atomic E-state index is 0.0974. The molecule has 4 nitrogen and oxygen atoms in total. The van der Waals surface area contributed by atoms with Crippen LogP contribution in [0.4, 0.5) is 0 Å². The van der Waals surface area contributed by atoms with Crippen LogP contribution in [0.5, 0.6) is 0 Å². The van der Waals surface area contributed by atoms with Gasteiger partial charge in [-0.05, 0) is 51.5 Å². The van der Waals surface area contributed by atoms with Crippen molar-refractivity contribution in [1.82, 2.24) is 10.2 Å². The van der Waals surface area contributed by atoms with E-state index in [9.17, 15) is 4.79 Å². The molecule has 0 bridgehead atoms. The third-order valence-corrected chi connectivity index (χ3v) is 4.85. The van der Waals surface area contributed by atoms with Gasteiger partial charge in [0.2, 0.25) is 5.91 Å². The van der Waals surface area contributed by atoms with Crippen molar-refractivity contribution < 1.29 is 4.79 Å². The zero-order chi connectivity index (χ0) is 11.9. The smallest absolute Gasteiger partial charge is 0.240 e. The molecule has 0 aromatic rings. The Labute approximate surface area is 103 Å². The van der Waals surface area contributed by atoms with Gasteiger partial charge in [0.1, 0.15) is 0 Å². The third-order valence-electron chi connectivity index (χ3n) is 4.85. The van der Waals surface area contributed by atoms with Crippen LogP contribution < -0.4 is 11.1 Å². The Bertz CT molecular complexity index is 314. The van der Waals surface area contributed by atoms with Crippen LogP contribution in [0.2, 0.25) is 0 Å². The molecule has 1 amide bonds. The standard InChI is InChI=1S/C13H23N3O/c14-13(5-2-6-13)12(17)15-10-4-8-16-7-1-3-11(16)9-10/h10-11H,1-9,14H2,(H,15,17). The second-order valence-electron chi connectivity index (χ2n) is 6.04. The average Bonchev–Trinajstić information content (AvgIpc) is 2.73. The van der Waals surface area contributed by atoms with Crippen LogP contribution in [0.3, 0.4) is 0 Å². The molecule has 1 aliphatic carbocycles. The molecule has 3 rings (SSSR count). The Kier molecular flexibility index (Phi) is 2.87. The number of nitrogens with two attached hydrogens (primary N) is 1. The van der Waals surface area contributed by atoms with Crippen molar-refractivity contribution >= 4 is 5.91 Å². The molecule has 2 aliphatic heterocycles. The lowest BCUT2D eigenvalue weighted by molar-refractivity contribution is -0.130. The number of fused-ring (bicyclic) bond motifs is 1. The van der Waals surface area contributed by atoms with Crippen LogP contribution in [0, 0.1) is 0 Å². The number of rotatable bonds is 2. The summed E-state index contributed by atoms with van der Waals surface area (Å²) in [5.74, 6) is 0.0974. The van der Waals surface area contributed by atoms with E-state index in [1.165, 1.54) is 19.4 Å². The lowest BCUT2D eigenvalue weighted by Crippen LogP contribution is -2.61. The molecule has 2 saturated heterocycles. The SMILES string of the molecule is NC1(C(=O)NC2CCN3CCCC3C2)CCC1. The van der Waals surface area contributed by atoms with Gasteiger partial charge < -0.3 is 16.0 Å². The van der Waals surface area contributed by atoms with Gasteiger partial charge in [0.15, 0.2) is 0 Å². The van der Waals surface area contributed by atoms with E-state index in [1.54, 1.807) is 0 Å². The van der Waals surface area contributed by atoms with Gasteiger partial charge in [-0.25, -0.2) is 0 Å². The molecular weight excluding hydrogens is 214 g/mol. The number of nitrogens with one attached hydrogen (secondary N) is 1. The maximum Gasteiger partial charge on any atom is 0.240 e. The first-order chi connectivity index (χ1) is 8.17. The number of carbonyl (C=O) groups excluding carboxylic acids is 1. The largest absolute Gasteiger partial charge is 0.352 e. The molecule has 0 radical (unpaired) electrons. The van der Waals surface area contributed by atoms with E-state index < -0.39 is 5.54 Å². The Balaban J connectivity index is 1.54.